The van der Waals surface area contributed by atoms with E-state index in [4.69, 9.17) is 20.2 Å². The van der Waals surface area contributed by atoms with Crippen molar-refractivity contribution < 1.29 is 14.3 Å². The standard InChI is InChI=1S/C25H32N6O3S/c26-20(32)13-15-1-6-19-23(15)24-18(14-22(29-25(24)35-19)28-21-7-8-27-30-21)34-17-4-2-16(3-5-17)31-9-11-33-12-10-31/h7-8,14-17H,1-6,9-13H2,(H2,26,32)(H2,27,28,29,30)/t15-,16-,17-/m1/s1. The molecule has 35 heavy (non-hydrogen) atoms. The van der Waals surface area contributed by atoms with Crippen LogP contribution in [0.15, 0.2) is 18.3 Å². The van der Waals surface area contributed by atoms with Gasteiger partial charge in [0.05, 0.1) is 30.9 Å². The molecule has 3 aliphatic rings. The Bertz CT molecular complexity index is 1180. The highest BCUT2D eigenvalue weighted by Gasteiger charge is 2.33. The topological polar surface area (TPSA) is 118 Å². The molecule has 1 saturated heterocycles. The van der Waals surface area contributed by atoms with Crippen LogP contribution in [0.25, 0.3) is 10.2 Å². The average molecular weight is 497 g/mol. The van der Waals surface area contributed by atoms with Crippen molar-refractivity contribution in [1.82, 2.24) is 20.1 Å². The summed E-state index contributed by atoms with van der Waals surface area (Å²) in [7, 11) is 0. The van der Waals surface area contributed by atoms with Crippen LogP contribution in [-0.2, 0) is 16.0 Å². The maximum atomic E-state index is 11.8. The summed E-state index contributed by atoms with van der Waals surface area (Å²) in [5.41, 5.74) is 6.81. The number of fused-ring (bicyclic) bond motifs is 3. The first-order chi connectivity index (χ1) is 17.1. The lowest BCUT2D eigenvalue weighted by molar-refractivity contribution is -0.118. The van der Waals surface area contributed by atoms with Gasteiger partial charge in [-0.15, -0.1) is 11.3 Å². The SMILES string of the molecule is NC(=O)C[C@H]1CCc2sc3nc(Nc4ccn[nH]4)cc(O[C@H]4CC[C@H](N5CCOCC5)CC4)c3c21. The molecule has 1 amide bonds. The second kappa shape index (κ2) is 9.75. The third-order valence-corrected chi connectivity index (χ3v) is 8.74. The average Bonchev–Trinajstić information content (AvgIpc) is 3.58. The van der Waals surface area contributed by atoms with Crippen molar-refractivity contribution in [3.05, 3.63) is 28.8 Å². The minimum Gasteiger partial charge on any atom is -0.490 e. The van der Waals surface area contributed by atoms with Crippen molar-refractivity contribution in [3.63, 3.8) is 0 Å². The first kappa shape index (κ1) is 22.8. The van der Waals surface area contributed by atoms with E-state index >= 15 is 0 Å². The molecule has 6 rings (SSSR count). The number of aromatic nitrogens is 3. The van der Waals surface area contributed by atoms with E-state index in [0.29, 0.717) is 12.5 Å². The summed E-state index contributed by atoms with van der Waals surface area (Å²) in [5.74, 6) is 2.26. The molecule has 186 valence electrons. The highest BCUT2D eigenvalue weighted by atomic mass is 32.1. The maximum Gasteiger partial charge on any atom is 0.218 e. The number of amides is 1. The molecule has 3 aromatic rings. The van der Waals surface area contributed by atoms with Gasteiger partial charge in [0.2, 0.25) is 5.91 Å². The summed E-state index contributed by atoms with van der Waals surface area (Å²) < 4.78 is 12.3. The summed E-state index contributed by atoms with van der Waals surface area (Å²) in [5, 5.41) is 11.3. The fourth-order valence-corrected chi connectivity index (χ4v) is 7.21. The van der Waals surface area contributed by atoms with Crippen LogP contribution in [0.4, 0.5) is 11.6 Å². The number of thiophene rings is 1. The number of aryl methyl sites for hydroxylation is 1. The second-order valence-electron chi connectivity index (χ2n) is 9.82. The summed E-state index contributed by atoms with van der Waals surface area (Å²) >= 11 is 1.71. The number of pyridine rings is 1. The van der Waals surface area contributed by atoms with Crippen molar-refractivity contribution >= 4 is 39.1 Å². The van der Waals surface area contributed by atoms with E-state index in [-0.39, 0.29) is 17.9 Å². The molecule has 0 unspecified atom stereocenters. The number of H-pyrrole nitrogens is 1. The summed E-state index contributed by atoms with van der Waals surface area (Å²) in [6.45, 7) is 3.75. The molecule has 1 saturated carbocycles. The Kier molecular flexibility index (Phi) is 6.34. The van der Waals surface area contributed by atoms with Crippen molar-refractivity contribution in [1.29, 1.82) is 0 Å². The predicted molar refractivity (Wildman–Crippen MR) is 135 cm³/mol. The molecule has 3 aromatic heterocycles. The molecule has 10 heteroatoms. The number of rotatable bonds is 7. The minimum atomic E-state index is -0.253. The second-order valence-corrected chi connectivity index (χ2v) is 10.9. The van der Waals surface area contributed by atoms with Gasteiger partial charge in [-0.05, 0) is 50.0 Å². The molecule has 0 spiro atoms. The molecule has 2 fully saturated rings. The number of nitrogens with two attached hydrogens (primary N) is 1. The number of hydrogen-bond donors (Lipinski definition) is 3. The molecule has 1 atom stereocenters. The Hall–Kier alpha value is -2.69. The number of morpholine rings is 1. The fraction of sp³-hybridized carbons (Fsp3) is 0.560. The lowest BCUT2D eigenvalue weighted by Crippen LogP contribution is -2.46. The van der Waals surface area contributed by atoms with Gasteiger partial charge in [0.1, 0.15) is 22.2 Å². The largest absolute Gasteiger partial charge is 0.490 e. The van der Waals surface area contributed by atoms with E-state index in [9.17, 15) is 4.79 Å². The van der Waals surface area contributed by atoms with Gasteiger partial charge in [0, 0.05) is 42.6 Å². The monoisotopic (exact) mass is 496 g/mol. The maximum absolute atomic E-state index is 11.8. The molecular formula is C25H32N6O3S. The lowest BCUT2D eigenvalue weighted by Gasteiger charge is -2.38. The van der Waals surface area contributed by atoms with Gasteiger partial charge in [0.15, 0.2) is 0 Å². The van der Waals surface area contributed by atoms with Crippen LogP contribution in [0.2, 0.25) is 0 Å². The van der Waals surface area contributed by atoms with E-state index < -0.39 is 0 Å². The number of nitrogens with one attached hydrogen (secondary N) is 2. The van der Waals surface area contributed by atoms with E-state index in [1.807, 2.05) is 12.1 Å². The number of carbonyl (C=O) groups excluding carboxylic acids is 1. The first-order valence-electron chi connectivity index (χ1n) is 12.6. The number of carbonyl (C=O) groups is 1. The molecule has 1 aliphatic heterocycles. The zero-order valence-electron chi connectivity index (χ0n) is 19.8. The van der Waals surface area contributed by atoms with Gasteiger partial charge >= 0.3 is 0 Å². The van der Waals surface area contributed by atoms with Gasteiger partial charge in [-0.3, -0.25) is 14.8 Å². The van der Waals surface area contributed by atoms with Crippen molar-refractivity contribution in [2.45, 2.75) is 63.0 Å². The van der Waals surface area contributed by atoms with Crippen LogP contribution in [-0.4, -0.2) is 64.4 Å². The molecule has 9 nitrogen and oxygen atoms in total. The van der Waals surface area contributed by atoms with E-state index in [1.165, 1.54) is 10.4 Å². The Morgan fingerprint density at radius 3 is 2.83 bits per heavy atom. The van der Waals surface area contributed by atoms with Crippen LogP contribution >= 0.6 is 11.3 Å². The predicted octanol–water partition coefficient (Wildman–Crippen LogP) is 3.69. The number of primary amides is 1. The fourth-order valence-electron chi connectivity index (χ4n) is 5.92. The summed E-state index contributed by atoms with van der Waals surface area (Å²) in [6.07, 6.45) is 8.52. The Balaban J connectivity index is 1.28. The van der Waals surface area contributed by atoms with Crippen LogP contribution < -0.4 is 15.8 Å². The highest BCUT2D eigenvalue weighted by Crippen LogP contribution is 2.49. The molecule has 4 N–H and O–H groups in total. The third-order valence-electron chi connectivity index (χ3n) is 7.58. The Morgan fingerprint density at radius 1 is 1.26 bits per heavy atom. The lowest BCUT2D eigenvalue weighted by atomic mass is 9.91. The molecule has 4 heterocycles. The number of nitrogens with zero attached hydrogens (tertiary/aromatic N) is 3. The molecular weight excluding hydrogens is 464 g/mol. The zero-order chi connectivity index (χ0) is 23.8. The summed E-state index contributed by atoms with van der Waals surface area (Å²) in [6, 6.07) is 4.50. The van der Waals surface area contributed by atoms with Gasteiger partial charge in [-0.1, -0.05) is 0 Å². The summed E-state index contributed by atoms with van der Waals surface area (Å²) in [4.78, 5) is 21.5. The molecule has 2 aliphatic carbocycles. The van der Waals surface area contributed by atoms with Crippen molar-refractivity contribution in [2.75, 3.05) is 31.6 Å². The molecule has 0 radical (unpaired) electrons. The minimum absolute atomic E-state index is 0.142. The quantitative estimate of drug-likeness (QED) is 0.456. The van der Waals surface area contributed by atoms with E-state index in [2.05, 4.69) is 20.4 Å². The van der Waals surface area contributed by atoms with Gasteiger partial charge in [0.25, 0.3) is 0 Å². The van der Waals surface area contributed by atoms with Gasteiger partial charge < -0.3 is 20.5 Å². The number of aromatic amines is 1. The van der Waals surface area contributed by atoms with Crippen LogP contribution in [0.5, 0.6) is 5.75 Å². The molecule has 0 bridgehead atoms. The first-order valence-corrected chi connectivity index (χ1v) is 13.4. The smallest absolute Gasteiger partial charge is 0.218 e. The van der Waals surface area contributed by atoms with E-state index in [0.717, 1.165) is 92.4 Å². The number of hydrogen-bond acceptors (Lipinski definition) is 8. The third kappa shape index (κ3) is 4.74. The molecule has 0 aromatic carbocycles. The van der Waals surface area contributed by atoms with Gasteiger partial charge in [-0.25, -0.2) is 4.98 Å². The Labute approximate surface area is 208 Å². The van der Waals surface area contributed by atoms with Crippen LogP contribution in [0.1, 0.15) is 54.9 Å². The van der Waals surface area contributed by atoms with Crippen LogP contribution in [0.3, 0.4) is 0 Å². The van der Waals surface area contributed by atoms with Gasteiger partial charge in [-0.2, -0.15) is 5.10 Å². The number of ether oxygens (including phenoxy) is 2. The normalized spacial score (nSPS) is 25.0. The van der Waals surface area contributed by atoms with Crippen molar-refractivity contribution in [2.24, 2.45) is 5.73 Å². The number of anilines is 2. The van der Waals surface area contributed by atoms with Crippen LogP contribution in [0, 0.1) is 0 Å². The van der Waals surface area contributed by atoms with Crippen molar-refractivity contribution in [3.8, 4) is 5.75 Å². The van der Waals surface area contributed by atoms with E-state index in [1.54, 1.807) is 17.5 Å². The zero-order valence-corrected chi connectivity index (χ0v) is 20.6. The highest BCUT2D eigenvalue weighted by molar-refractivity contribution is 7.19. The Morgan fingerprint density at radius 2 is 2.09 bits per heavy atom.